The van der Waals surface area contributed by atoms with Gasteiger partial charge in [-0.15, -0.1) is 0 Å². The molecule has 0 heterocycles. The SMILES string of the molecule is C=C(C)[C@@H]1CC[C@]2(C)CC[C@]3(C)[C@@H](CC[C@@H]4[C@@]5(C)CC[C@H](OC(=O)C[C@H](O)CCCCCCCCCCCCCCC)C(C)(C)[C@@H]5CC[C@]43C)[C@H]12. The Hall–Kier alpha value is -0.830. The average molecular weight is 709 g/mol. The predicted molar refractivity (Wildman–Crippen MR) is 215 cm³/mol. The van der Waals surface area contributed by atoms with Crippen LogP contribution in [0.5, 0.6) is 0 Å². The molecular formula is C48H84O3. The molecule has 5 aliphatic carbocycles. The van der Waals surface area contributed by atoms with Gasteiger partial charge in [-0.1, -0.05) is 144 Å². The summed E-state index contributed by atoms with van der Waals surface area (Å²) >= 11 is 0. The number of ether oxygens (including phenoxy) is 1. The molecule has 0 bridgehead atoms. The molecule has 0 radical (unpaired) electrons. The zero-order chi connectivity index (χ0) is 37.1. The van der Waals surface area contributed by atoms with E-state index in [0.29, 0.717) is 28.1 Å². The maximum absolute atomic E-state index is 13.3. The molecule has 5 fully saturated rings. The maximum Gasteiger partial charge on any atom is 0.308 e. The molecule has 0 amide bonds. The Kier molecular flexibility index (Phi) is 13.7. The Labute approximate surface area is 316 Å². The number of carbonyl (C=O) groups excluding carboxylic acids is 1. The van der Waals surface area contributed by atoms with Gasteiger partial charge >= 0.3 is 5.97 Å². The fourth-order valence-electron chi connectivity index (χ4n) is 14.6. The van der Waals surface area contributed by atoms with Crippen molar-refractivity contribution < 1.29 is 14.6 Å². The lowest BCUT2D eigenvalue weighted by atomic mass is 9.32. The Balaban J connectivity index is 1.08. The number of esters is 1. The van der Waals surface area contributed by atoms with Crippen LogP contribution in [0.15, 0.2) is 12.2 Å². The van der Waals surface area contributed by atoms with Gasteiger partial charge in [0.2, 0.25) is 0 Å². The van der Waals surface area contributed by atoms with E-state index in [2.05, 4.69) is 62.0 Å². The minimum absolute atomic E-state index is 0.0481. The molecule has 5 saturated carbocycles. The smallest absolute Gasteiger partial charge is 0.308 e. The normalized spacial score (nSPS) is 40.4. The molecule has 0 aromatic carbocycles. The lowest BCUT2D eigenvalue weighted by molar-refractivity contribution is -0.249. The molecular weight excluding hydrogens is 625 g/mol. The van der Waals surface area contributed by atoms with Crippen LogP contribution < -0.4 is 0 Å². The van der Waals surface area contributed by atoms with Crippen molar-refractivity contribution in [2.45, 2.75) is 228 Å². The largest absolute Gasteiger partial charge is 0.462 e. The molecule has 3 nitrogen and oxygen atoms in total. The standard InChI is InChI=1S/C48H84O3/c1-10-11-12-13-14-15-16-17-18-19-20-21-22-23-36(49)34-42(50)51-41-28-30-46(7)39(44(41,4)5)27-31-48(9)40(46)25-24-38-43-37(35(2)3)26-29-45(43,6)32-33-47(38,48)8/h36-41,43,49H,2,10-34H2,1,3-9H3/t36-,37+,38+,39+,40-,41+,43+,45-,46+,47-,48-/m1/s1. The van der Waals surface area contributed by atoms with Crippen molar-refractivity contribution in [3.63, 3.8) is 0 Å². The highest BCUT2D eigenvalue weighted by Crippen LogP contribution is 2.77. The fraction of sp³-hybridized carbons (Fsp3) is 0.938. The summed E-state index contributed by atoms with van der Waals surface area (Å²) in [6, 6.07) is 0. The van der Waals surface area contributed by atoms with E-state index < -0.39 is 6.10 Å². The summed E-state index contributed by atoms with van der Waals surface area (Å²) in [5, 5.41) is 10.8. The molecule has 51 heavy (non-hydrogen) atoms. The third-order valence-electron chi connectivity index (χ3n) is 17.7. The number of rotatable bonds is 18. The van der Waals surface area contributed by atoms with Gasteiger partial charge in [0.1, 0.15) is 6.10 Å². The molecule has 0 spiro atoms. The summed E-state index contributed by atoms with van der Waals surface area (Å²) < 4.78 is 6.34. The lowest BCUT2D eigenvalue weighted by Gasteiger charge is -2.73. The predicted octanol–water partition coefficient (Wildman–Crippen LogP) is 13.8. The first-order valence-corrected chi connectivity index (χ1v) is 22.7. The Morgan fingerprint density at radius 1 is 0.706 bits per heavy atom. The quantitative estimate of drug-likeness (QED) is 0.0876. The second-order valence-corrected chi connectivity index (χ2v) is 21.1. The van der Waals surface area contributed by atoms with Crippen LogP contribution in [0, 0.1) is 56.7 Å². The minimum Gasteiger partial charge on any atom is -0.462 e. The maximum atomic E-state index is 13.3. The summed E-state index contributed by atoms with van der Waals surface area (Å²) in [6.45, 7) is 24.7. The van der Waals surface area contributed by atoms with Crippen LogP contribution in [-0.4, -0.2) is 23.3 Å². The fourth-order valence-corrected chi connectivity index (χ4v) is 14.6. The lowest BCUT2D eigenvalue weighted by Crippen LogP contribution is -2.66. The van der Waals surface area contributed by atoms with Gasteiger partial charge in [-0.3, -0.25) is 4.79 Å². The Bertz CT molecular complexity index is 1160. The molecule has 0 saturated heterocycles. The summed E-state index contributed by atoms with van der Waals surface area (Å²) in [5.41, 5.74) is 2.93. The van der Waals surface area contributed by atoms with Gasteiger partial charge in [-0.25, -0.2) is 0 Å². The number of aliphatic hydroxyl groups is 1. The van der Waals surface area contributed by atoms with Gasteiger partial charge in [0.25, 0.3) is 0 Å². The van der Waals surface area contributed by atoms with Crippen LogP contribution in [0.2, 0.25) is 0 Å². The highest BCUT2D eigenvalue weighted by Gasteiger charge is 2.70. The molecule has 0 aromatic heterocycles. The molecule has 5 rings (SSSR count). The van der Waals surface area contributed by atoms with Gasteiger partial charge in [0, 0.05) is 5.41 Å². The summed E-state index contributed by atoms with van der Waals surface area (Å²) in [6.07, 6.45) is 30.4. The molecule has 294 valence electrons. The second-order valence-electron chi connectivity index (χ2n) is 21.1. The van der Waals surface area contributed by atoms with Crippen LogP contribution in [0.4, 0.5) is 0 Å². The van der Waals surface area contributed by atoms with Crippen molar-refractivity contribution in [3.8, 4) is 0 Å². The first kappa shape index (κ1) is 41.3. The van der Waals surface area contributed by atoms with E-state index in [0.717, 1.165) is 49.9 Å². The molecule has 0 aromatic rings. The third kappa shape index (κ3) is 8.25. The van der Waals surface area contributed by atoms with Gasteiger partial charge in [-0.05, 0) is 129 Å². The number of aliphatic hydroxyl groups excluding tert-OH is 1. The number of carbonyl (C=O) groups is 1. The first-order valence-electron chi connectivity index (χ1n) is 22.7. The van der Waals surface area contributed by atoms with E-state index in [4.69, 9.17) is 4.74 Å². The number of allylic oxidation sites excluding steroid dienone is 1. The van der Waals surface area contributed by atoms with Crippen molar-refractivity contribution in [1.82, 2.24) is 0 Å². The summed E-state index contributed by atoms with van der Waals surface area (Å²) in [5.74, 6) is 3.46. The second kappa shape index (κ2) is 16.9. The van der Waals surface area contributed by atoms with E-state index in [1.807, 2.05) is 0 Å². The highest BCUT2D eigenvalue weighted by molar-refractivity contribution is 5.70. The van der Waals surface area contributed by atoms with E-state index >= 15 is 0 Å². The highest BCUT2D eigenvalue weighted by atomic mass is 16.5. The van der Waals surface area contributed by atoms with E-state index in [9.17, 15) is 9.90 Å². The van der Waals surface area contributed by atoms with Crippen LogP contribution in [-0.2, 0) is 9.53 Å². The van der Waals surface area contributed by atoms with Crippen LogP contribution in [0.1, 0.15) is 216 Å². The van der Waals surface area contributed by atoms with Crippen molar-refractivity contribution in [2.24, 2.45) is 56.7 Å². The van der Waals surface area contributed by atoms with Crippen LogP contribution >= 0.6 is 0 Å². The molecule has 11 atom stereocenters. The molecule has 5 aliphatic rings. The van der Waals surface area contributed by atoms with Gasteiger partial charge < -0.3 is 9.84 Å². The molecule has 0 unspecified atom stereocenters. The Morgan fingerprint density at radius 3 is 1.92 bits per heavy atom. The summed E-state index contributed by atoms with van der Waals surface area (Å²) in [7, 11) is 0. The first-order chi connectivity index (χ1) is 24.1. The number of fused-ring (bicyclic) bond motifs is 7. The molecule has 1 N–H and O–H groups in total. The van der Waals surface area contributed by atoms with Gasteiger partial charge in [0.05, 0.1) is 12.5 Å². The van der Waals surface area contributed by atoms with E-state index in [1.165, 1.54) is 128 Å². The minimum atomic E-state index is -0.574. The number of hydrogen-bond donors (Lipinski definition) is 1. The zero-order valence-electron chi connectivity index (χ0n) is 35.2. The van der Waals surface area contributed by atoms with Crippen molar-refractivity contribution in [2.75, 3.05) is 0 Å². The molecule has 3 heteroatoms. The van der Waals surface area contributed by atoms with Crippen molar-refractivity contribution >= 4 is 5.97 Å². The monoisotopic (exact) mass is 709 g/mol. The van der Waals surface area contributed by atoms with E-state index in [1.54, 1.807) is 0 Å². The Morgan fingerprint density at radius 2 is 1.31 bits per heavy atom. The number of unbranched alkanes of at least 4 members (excludes halogenated alkanes) is 12. The molecule has 0 aliphatic heterocycles. The summed E-state index contributed by atoms with van der Waals surface area (Å²) in [4.78, 5) is 13.3. The third-order valence-corrected chi connectivity index (χ3v) is 17.7. The number of hydrogen-bond acceptors (Lipinski definition) is 3. The van der Waals surface area contributed by atoms with Crippen molar-refractivity contribution in [1.29, 1.82) is 0 Å². The van der Waals surface area contributed by atoms with Crippen LogP contribution in [0.3, 0.4) is 0 Å². The average Bonchev–Trinajstić information content (AvgIpc) is 3.43. The zero-order valence-corrected chi connectivity index (χ0v) is 35.2. The van der Waals surface area contributed by atoms with Crippen molar-refractivity contribution in [3.05, 3.63) is 12.2 Å². The topological polar surface area (TPSA) is 46.5 Å². The van der Waals surface area contributed by atoms with Gasteiger partial charge in [0.15, 0.2) is 0 Å². The van der Waals surface area contributed by atoms with Gasteiger partial charge in [-0.2, -0.15) is 0 Å². The van der Waals surface area contributed by atoms with E-state index in [-0.39, 0.29) is 29.3 Å². The van der Waals surface area contributed by atoms with Crippen LogP contribution in [0.25, 0.3) is 0 Å².